The van der Waals surface area contributed by atoms with Crippen LogP contribution >= 0.6 is 0 Å². The normalized spacial score (nSPS) is 17.8. The zero-order valence-electron chi connectivity index (χ0n) is 22.3. The predicted octanol–water partition coefficient (Wildman–Crippen LogP) is 2.92. The van der Waals surface area contributed by atoms with E-state index in [9.17, 15) is 9.90 Å². The molecule has 2 aliphatic rings. The minimum atomic E-state index is -0.550. The predicted molar refractivity (Wildman–Crippen MR) is 150 cm³/mol. The molecule has 0 spiro atoms. The van der Waals surface area contributed by atoms with E-state index in [1.165, 1.54) is 28.2 Å². The number of nitrogens with one attached hydrogen (secondary N) is 2. The fourth-order valence-corrected chi connectivity index (χ4v) is 5.69. The number of aliphatic hydroxyl groups excluding tert-OH is 1. The zero-order valence-corrected chi connectivity index (χ0v) is 22.3. The Bertz CT molecular complexity index is 1280. The molecule has 1 fully saturated rings. The van der Waals surface area contributed by atoms with Crippen molar-refractivity contribution in [3.05, 3.63) is 70.9 Å². The smallest absolute Gasteiger partial charge is 0.267 e. The van der Waals surface area contributed by atoms with Gasteiger partial charge in [-0.05, 0) is 65.8 Å². The van der Waals surface area contributed by atoms with Crippen LogP contribution in [0.5, 0.6) is 5.75 Å². The standard InChI is InChI=1S/C30H38N4O5/c35-15-11-34(29-7-3-23-19-22(1-5-26(23)29)2-8-30(36)32-37)10-9-24-21-31-28-6-4-25(20-27(24)28)39-18-14-33-12-16-38-17-13-33/h1-2,4-6,8,19-21,29,31,35,37H,3,7,9-18H2,(H,32,36). The molecule has 1 aromatic heterocycles. The summed E-state index contributed by atoms with van der Waals surface area (Å²) in [6.45, 7) is 6.61. The van der Waals surface area contributed by atoms with Crippen molar-refractivity contribution in [1.82, 2.24) is 20.3 Å². The summed E-state index contributed by atoms with van der Waals surface area (Å²) in [5, 5.41) is 19.7. The van der Waals surface area contributed by atoms with E-state index in [4.69, 9.17) is 14.7 Å². The molecule has 0 bridgehead atoms. The molecule has 0 radical (unpaired) electrons. The first kappa shape index (κ1) is 27.4. The van der Waals surface area contributed by atoms with Gasteiger partial charge in [-0.2, -0.15) is 0 Å². The Kier molecular flexibility index (Phi) is 9.28. The lowest BCUT2D eigenvalue weighted by Gasteiger charge is -2.29. The van der Waals surface area contributed by atoms with Gasteiger partial charge in [0, 0.05) is 61.9 Å². The quantitative estimate of drug-likeness (QED) is 0.161. The van der Waals surface area contributed by atoms with Crippen molar-refractivity contribution in [2.45, 2.75) is 25.3 Å². The minimum Gasteiger partial charge on any atom is -0.492 e. The Morgan fingerprint density at radius 1 is 1.21 bits per heavy atom. The Morgan fingerprint density at radius 3 is 2.90 bits per heavy atom. The molecule has 4 N–H and O–H groups in total. The van der Waals surface area contributed by atoms with E-state index in [1.54, 1.807) is 11.6 Å². The molecular weight excluding hydrogens is 496 g/mol. The number of aromatic amines is 1. The number of hydroxylamine groups is 1. The van der Waals surface area contributed by atoms with Crippen LogP contribution in [0.2, 0.25) is 0 Å². The third-order valence-corrected chi connectivity index (χ3v) is 7.77. The first-order valence-corrected chi connectivity index (χ1v) is 13.8. The van der Waals surface area contributed by atoms with Crippen LogP contribution in [0.4, 0.5) is 0 Å². The minimum absolute atomic E-state index is 0.109. The van der Waals surface area contributed by atoms with Crippen LogP contribution in [0, 0.1) is 0 Å². The van der Waals surface area contributed by atoms with Crippen LogP contribution in [0.1, 0.15) is 34.7 Å². The highest BCUT2D eigenvalue weighted by Crippen LogP contribution is 2.36. The summed E-state index contributed by atoms with van der Waals surface area (Å²) in [5.74, 6) is 0.335. The number of fused-ring (bicyclic) bond motifs is 2. The molecule has 2 aromatic carbocycles. The lowest BCUT2D eigenvalue weighted by Crippen LogP contribution is -2.38. The van der Waals surface area contributed by atoms with Crippen LogP contribution in [-0.4, -0.2) is 90.2 Å². The molecule has 5 rings (SSSR count). The molecular formula is C30H38N4O5. The second-order valence-corrected chi connectivity index (χ2v) is 10.2. The maximum absolute atomic E-state index is 11.3. The average Bonchev–Trinajstić information content (AvgIpc) is 3.58. The van der Waals surface area contributed by atoms with Crippen molar-refractivity contribution in [3.63, 3.8) is 0 Å². The number of carbonyl (C=O) groups is 1. The number of benzene rings is 2. The lowest BCUT2D eigenvalue weighted by atomic mass is 10.0. The molecule has 1 aliphatic heterocycles. The first-order valence-electron chi connectivity index (χ1n) is 13.8. The summed E-state index contributed by atoms with van der Waals surface area (Å²) in [6, 6.07) is 12.7. The van der Waals surface area contributed by atoms with Crippen LogP contribution in [0.3, 0.4) is 0 Å². The zero-order chi connectivity index (χ0) is 27.0. The van der Waals surface area contributed by atoms with Crippen molar-refractivity contribution in [2.75, 3.05) is 59.2 Å². The van der Waals surface area contributed by atoms with Crippen LogP contribution in [-0.2, 0) is 22.4 Å². The van der Waals surface area contributed by atoms with Gasteiger partial charge in [0.2, 0.25) is 0 Å². The number of amides is 1. The molecule has 39 heavy (non-hydrogen) atoms. The fraction of sp³-hybridized carbons (Fsp3) is 0.433. The van der Waals surface area contributed by atoms with Crippen molar-refractivity contribution in [1.29, 1.82) is 0 Å². The molecule has 1 aliphatic carbocycles. The maximum atomic E-state index is 11.3. The Labute approximate surface area is 229 Å². The third kappa shape index (κ3) is 6.87. The Morgan fingerprint density at radius 2 is 2.08 bits per heavy atom. The molecule has 2 heterocycles. The van der Waals surface area contributed by atoms with Gasteiger partial charge in [0.05, 0.1) is 19.8 Å². The van der Waals surface area contributed by atoms with Crippen molar-refractivity contribution < 1.29 is 24.6 Å². The highest BCUT2D eigenvalue weighted by atomic mass is 16.5. The van der Waals surface area contributed by atoms with Gasteiger partial charge in [0.25, 0.3) is 5.91 Å². The number of H-pyrrole nitrogens is 1. The summed E-state index contributed by atoms with van der Waals surface area (Å²) >= 11 is 0. The number of hydrogen-bond donors (Lipinski definition) is 4. The molecule has 1 saturated heterocycles. The van der Waals surface area contributed by atoms with E-state index in [0.717, 1.165) is 75.5 Å². The van der Waals surface area contributed by atoms with E-state index in [2.05, 4.69) is 45.2 Å². The van der Waals surface area contributed by atoms with E-state index in [0.29, 0.717) is 13.2 Å². The van der Waals surface area contributed by atoms with E-state index in [1.807, 2.05) is 12.1 Å². The fourth-order valence-electron chi connectivity index (χ4n) is 5.69. The SMILES string of the molecule is O=C(C=Cc1ccc2c(c1)CCC2N(CCO)CCc1c[nH]c2ccc(OCCN3CCOCC3)cc12)NO. The van der Waals surface area contributed by atoms with Gasteiger partial charge in [-0.25, -0.2) is 5.48 Å². The largest absolute Gasteiger partial charge is 0.492 e. The number of nitrogens with zero attached hydrogens (tertiary/aromatic N) is 2. The molecule has 9 nitrogen and oxygen atoms in total. The molecule has 9 heteroatoms. The Balaban J connectivity index is 1.22. The number of rotatable bonds is 12. The van der Waals surface area contributed by atoms with Gasteiger partial charge >= 0.3 is 0 Å². The number of carbonyl (C=O) groups excluding carboxylic acids is 1. The van der Waals surface area contributed by atoms with E-state index >= 15 is 0 Å². The average molecular weight is 535 g/mol. The topological polar surface area (TPSA) is 110 Å². The highest BCUT2D eigenvalue weighted by molar-refractivity contribution is 5.90. The number of ether oxygens (including phenoxy) is 2. The van der Waals surface area contributed by atoms with Gasteiger partial charge in [-0.15, -0.1) is 0 Å². The van der Waals surface area contributed by atoms with Crippen LogP contribution in [0.25, 0.3) is 17.0 Å². The summed E-state index contributed by atoms with van der Waals surface area (Å²) in [6.07, 6.45) is 7.90. The van der Waals surface area contributed by atoms with Crippen LogP contribution < -0.4 is 10.2 Å². The third-order valence-electron chi connectivity index (χ3n) is 7.77. The van der Waals surface area contributed by atoms with E-state index in [-0.39, 0.29) is 12.6 Å². The molecule has 1 amide bonds. The first-order chi connectivity index (χ1) is 19.1. The van der Waals surface area contributed by atoms with Crippen molar-refractivity contribution in [2.24, 2.45) is 0 Å². The number of aromatic nitrogens is 1. The van der Waals surface area contributed by atoms with Gasteiger partial charge in [0.1, 0.15) is 12.4 Å². The second kappa shape index (κ2) is 13.2. The number of aliphatic hydroxyl groups is 1. The van der Waals surface area contributed by atoms with Crippen LogP contribution in [0.15, 0.2) is 48.7 Å². The van der Waals surface area contributed by atoms with Gasteiger partial charge < -0.3 is 19.6 Å². The monoisotopic (exact) mass is 534 g/mol. The second-order valence-electron chi connectivity index (χ2n) is 10.2. The lowest BCUT2D eigenvalue weighted by molar-refractivity contribution is -0.124. The molecule has 3 aromatic rings. The van der Waals surface area contributed by atoms with E-state index < -0.39 is 5.91 Å². The van der Waals surface area contributed by atoms with Crippen molar-refractivity contribution >= 4 is 22.9 Å². The van der Waals surface area contributed by atoms with Crippen molar-refractivity contribution in [3.8, 4) is 5.75 Å². The number of morpholine rings is 1. The molecule has 1 unspecified atom stereocenters. The maximum Gasteiger partial charge on any atom is 0.267 e. The molecule has 0 saturated carbocycles. The number of hydrogen-bond acceptors (Lipinski definition) is 7. The highest BCUT2D eigenvalue weighted by Gasteiger charge is 2.27. The molecule has 1 atom stereocenters. The summed E-state index contributed by atoms with van der Waals surface area (Å²) in [7, 11) is 0. The summed E-state index contributed by atoms with van der Waals surface area (Å²) in [5.41, 5.74) is 7.42. The van der Waals surface area contributed by atoms with Gasteiger partial charge in [0.15, 0.2) is 0 Å². The Hall–Kier alpha value is -3.21. The summed E-state index contributed by atoms with van der Waals surface area (Å²) < 4.78 is 11.5. The number of aryl methyl sites for hydroxylation is 1. The van der Waals surface area contributed by atoms with Gasteiger partial charge in [-0.3, -0.25) is 19.8 Å². The van der Waals surface area contributed by atoms with Gasteiger partial charge in [-0.1, -0.05) is 18.2 Å². The summed E-state index contributed by atoms with van der Waals surface area (Å²) in [4.78, 5) is 19.5. The molecule has 208 valence electrons.